The molecule has 1 saturated heterocycles. The van der Waals surface area contributed by atoms with Gasteiger partial charge in [0.1, 0.15) is 17.7 Å². The van der Waals surface area contributed by atoms with Crippen molar-refractivity contribution >= 4 is 28.7 Å². The van der Waals surface area contributed by atoms with Crippen molar-refractivity contribution in [3.05, 3.63) is 85.3 Å². The van der Waals surface area contributed by atoms with Crippen LogP contribution >= 0.6 is 0 Å². The van der Waals surface area contributed by atoms with E-state index < -0.39 is 0 Å². The summed E-state index contributed by atoms with van der Waals surface area (Å²) in [4.78, 5) is 20.9. The number of imidazole rings is 1. The highest BCUT2D eigenvalue weighted by molar-refractivity contribution is 5.86. The molecule has 1 aliphatic heterocycles. The number of furan rings is 1. The quantitative estimate of drug-likeness (QED) is 0.431. The molecule has 0 saturated carbocycles. The SMILES string of the molecule is c1ccc(-n2cnc(Nc3nc(N4CCCC4c4ccccn4)nc4ccoc34)c2)cc1. The molecule has 0 aliphatic carbocycles. The van der Waals surface area contributed by atoms with Crippen LogP contribution in [0.15, 0.2) is 84.0 Å². The Morgan fingerprint density at radius 1 is 0.969 bits per heavy atom. The topological polar surface area (TPSA) is 84.9 Å². The first-order chi connectivity index (χ1) is 15.8. The summed E-state index contributed by atoms with van der Waals surface area (Å²) in [6.07, 6.45) is 9.26. The number of pyridine rings is 1. The predicted octanol–water partition coefficient (Wildman–Crippen LogP) is 4.89. The highest BCUT2D eigenvalue weighted by Crippen LogP contribution is 2.35. The first kappa shape index (κ1) is 18.6. The zero-order valence-corrected chi connectivity index (χ0v) is 17.3. The molecule has 8 nitrogen and oxygen atoms in total. The van der Waals surface area contributed by atoms with Crippen LogP contribution in [0.5, 0.6) is 0 Å². The molecule has 32 heavy (non-hydrogen) atoms. The number of para-hydroxylation sites is 1. The minimum atomic E-state index is 0.158. The molecule has 1 unspecified atom stereocenters. The van der Waals surface area contributed by atoms with Gasteiger partial charge in [-0.1, -0.05) is 24.3 Å². The van der Waals surface area contributed by atoms with Gasteiger partial charge in [-0.2, -0.15) is 4.98 Å². The first-order valence-electron chi connectivity index (χ1n) is 10.6. The fraction of sp³-hybridized carbons (Fsp3) is 0.167. The Morgan fingerprint density at radius 2 is 1.88 bits per heavy atom. The number of rotatable bonds is 5. The van der Waals surface area contributed by atoms with Crippen molar-refractivity contribution < 1.29 is 4.42 Å². The number of fused-ring (bicyclic) bond motifs is 1. The van der Waals surface area contributed by atoms with E-state index in [0.717, 1.165) is 36.3 Å². The molecule has 0 bridgehead atoms. The molecule has 4 aromatic heterocycles. The molecule has 158 valence electrons. The zero-order chi connectivity index (χ0) is 21.3. The molecule has 0 spiro atoms. The lowest BCUT2D eigenvalue weighted by Crippen LogP contribution is -2.25. The van der Waals surface area contributed by atoms with Gasteiger partial charge in [-0.3, -0.25) is 4.98 Å². The average Bonchev–Trinajstić information content (AvgIpc) is 3.60. The van der Waals surface area contributed by atoms with Crippen molar-refractivity contribution in [2.24, 2.45) is 0 Å². The van der Waals surface area contributed by atoms with Crippen LogP contribution in [-0.2, 0) is 0 Å². The smallest absolute Gasteiger partial charge is 0.228 e. The number of benzene rings is 1. The van der Waals surface area contributed by atoms with E-state index in [1.807, 2.05) is 65.5 Å². The summed E-state index contributed by atoms with van der Waals surface area (Å²) in [5.74, 6) is 1.94. The molecule has 1 atom stereocenters. The summed E-state index contributed by atoms with van der Waals surface area (Å²) in [7, 11) is 0. The summed E-state index contributed by atoms with van der Waals surface area (Å²) in [6, 6.07) is 18.1. The summed E-state index contributed by atoms with van der Waals surface area (Å²) < 4.78 is 7.65. The molecule has 8 heteroatoms. The Bertz CT molecular complexity index is 1350. The van der Waals surface area contributed by atoms with E-state index in [9.17, 15) is 0 Å². The van der Waals surface area contributed by atoms with E-state index >= 15 is 0 Å². The summed E-state index contributed by atoms with van der Waals surface area (Å²) in [6.45, 7) is 0.882. The molecule has 1 N–H and O–H groups in total. The highest BCUT2D eigenvalue weighted by atomic mass is 16.3. The molecule has 1 fully saturated rings. The van der Waals surface area contributed by atoms with E-state index in [0.29, 0.717) is 23.2 Å². The average molecular weight is 423 g/mol. The van der Waals surface area contributed by atoms with Crippen LogP contribution in [0.25, 0.3) is 16.8 Å². The Balaban J connectivity index is 1.35. The Kier molecular flexibility index (Phi) is 4.53. The number of aromatic nitrogens is 5. The van der Waals surface area contributed by atoms with Gasteiger partial charge in [-0.25, -0.2) is 9.97 Å². The maximum atomic E-state index is 5.69. The summed E-state index contributed by atoms with van der Waals surface area (Å²) >= 11 is 0. The van der Waals surface area contributed by atoms with Gasteiger partial charge in [0, 0.05) is 24.5 Å². The van der Waals surface area contributed by atoms with Gasteiger partial charge in [0.25, 0.3) is 0 Å². The van der Waals surface area contributed by atoms with Crippen LogP contribution in [0, 0.1) is 0 Å². The third kappa shape index (κ3) is 3.35. The van der Waals surface area contributed by atoms with Gasteiger partial charge in [-0.05, 0) is 37.1 Å². The van der Waals surface area contributed by atoms with E-state index in [-0.39, 0.29) is 6.04 Å². The minimum Gasteiger partial charge on any atom is -0.459 e. The molecule has 6 rings (SSSR count). The molecule has 1 aromatic carbocycles. The monoisotopic (exact) mass is 423 g/mol. The molecular formula is C24H21N7O. The van der Waals surface area contributed by atoms with Crippen molar-refractivity contribution in [2.45, 2.75) is 18.9 Å². The normalized spacial score (nSPS) is 16.0. The number of nitrogens with zero attached hydrogens (tertiary/aromatic N) is 6. The summed E-state index contributed by atoms with van der Waals surface area (Å²) in [5, 5.41) is 3.32. The predicted molar refractivity (Wildman–Crippen MR) is 122 cm³/mol. The second kappa shape index (κ2) is 7.81. The summed E-state index contributed by atoms with van der Waals surface area (Å²) in [5.41, 5.74) is 3.44. The Labute approximate surface area is 184 Å². The molecule has 5 aromatic rings. The Morgan fingerprint density at radius 3 is 2.75 bits per heavy atom. The molecular weight excluding hydrogens is 402 g/mol. The van der Waals surface area contributed by atoms with Gasteiger partial charge in [-0.15, -0.1) is 0 Å². The van der Waals surface area contributed by atoms with E-state index in [2.05, 4.69) is 26.3 Å². The number of hydrogen-bond acceptors (Lipinski definition) is 7. The lowest BCUT2D eigenvalue weighted by molar-refractivity contribution is 0.614. The van der Waals surface area contributed by atoms with Gasteiger partial charge in [0.05, 0.1) is 24.2 Å². The van der Waals surface area contributed by atoms with Crippen LogP contribution in [0.4, 0.5) is 17.6 Å². The van der Waals surface area contributed by atoms with Crippen molar-refractivity contribution in [2.75, 3.05) is 16.8 Å². The second-order valence-corrected chi connectivity index (χ2v) is 7.74. The zero-order valence-electron chi connectivity index (χ0n) is 17.3. The fourth-order valence-electron chi connectivity index (χ4n) is 4.20. The van der Waals surface area contributed by atoms with Gasteiger partial charge in [0.15, 0.2) is 11.4 Å². The molecule has 0 amide bonds. The fourth-order valence-corrected chi connectivity index (χ4v) is 4.20. The van der Waals surface area contributed by atoms with Crippen LogP contribution in [0.3, 0.4) is 0 Å². The van der Waals surface area contributed by atoms with Crippen LogP contribution in [-0.4, -0.2) is 31.0 Å². The number of nitrogens with one attached hydrogen (secondary N) is 1. The molecule has 0 radical (unpaired) electrons. The highest BCUT2D eigenvalue weighted by Gasteiger charge is 2.30. The van der Waals surface area contributed by atoms with Crippen molar-refractivity contribution in [3.8, 4) is 5.69 Å². The minimum absolute atomic E-state index is 0.158. The van der Waals surface area contributed by atoms with E-state index in [1.165, 1.54) is 0 Å². The van der Waals surface area contributed by atoms with Crippen molar-refractivity contribution in [3.63, 3.8) is 0 Å². The van der Waals surface area contributed by atoms with Gasteiger partial charge in [0.2, 0.25) is 5.95 Å². The standard InChI is InChI=1S/C24H21N7O/c1-2-7-17(8-3-1)30-15-21(26-16-30)28-23-22-19(11-14-32-22)27-24(29-23)31-13-6-10-20(31)18-9-4-5-12-25-18/h1-5,7-9,11-12,14-16,20H,6,10,13H2,(H,27,28,29). The number of hydrogen-bond donors (Lipinski definition) is 1. The lowest BCUT2D eigenvalue weighted by atomic mass is 10.1. The van der Waals surface area contributed by atoms with Gasteiger partial charge < -0.3 is 19.2 Å². The third-order valence-electron chi connectivity index (χ3n) is 5.71. The first-order valence-corrected chi connectivity index (χ1v) is 10.6. The van der Waals surface area contributed by atoms with Crippen molar-refractivity contribution in [1.29, 1.82) is 0 Å². The van der Waals surface area contributed by atoms with Gasteiger partial charge >= 0.3 is 0 Å². The maximum Gasteiger partial charge on any atom is 0.228 e. The van der Waals surface area contributed by atoms with Crippen LogP contribution in [0.1, 0.15) is 24.6 Å². The maximum absolute atomic E-state index is 5.69. The lowest BCUT2D eigenvalue weighted by Gasteiger charge is -2.24. The molecule has 1 aliphatic rings. The number of anilines is 3. The third-order valence-corrected chi connectivity index (χ3v) is 5.71. The Hall–Kier alpha value is -4.20. The largest absolute Gasteiger partial charge is 0.459 e. The van der Waals surface area contributed by atoms with Crippen molar-refractivity contribution in [1.82, 2.24) is 24.5 Å². The van der Waals surface area contributed by atoms with Crippen LogP contribution in [0.2, 0.25) is 0 Å². The molecule has 5 heterocycles. The van der Waals surface area contributed by atoms with E-state index in [4.69, 9.17) is 14.4 Å². The second-order valence-electron chi connectivity index (χ2n) is 7.74. The van der Waals surface area contributed by atoms with Crippen LogP contribution < -0.4 is 10.2 Å². The van der Waals surface area contributed by atoms with E-state index in [1.54, 1.807) is 12.6 Å².